The van der Waals surface area contributed by atoms with Gasteiger partial charge in [0.25, 0.3) is 5.56 Å². The van der Waals surface area contributed by atoms with E-state index in [2.05, 4.69) is 15.4 Å². The number of thioether (sulfide) groups is 1. The lowest BCUT2D eigenvalue weighted by atomic mass is 10.2. The molecule has 1 aliphatic rings. The van der Waals surface area contributed by atoms with Crippen LogP contribution in [0.2, 0.25) is 0 Å². The molecule has 26 heavy (non-hydrogen) atoms. The van der Waals surface area contributed by atoms with Crippen LogP contribution in [0.1, 0.15) is 32.2 Å². The molecule has 0 amide bonds. The molecule has 1 aliphatic heterocycles. The summed E-state index contributed by atoms with van der Waals surface area (Å²) >= 11 is 1.41. The van der Waals surface area contributed by atoms with Gasteiger partial charge in [-0.2, -0.15) is 14.5 Å². The number of nitrogens with one attached hydrogen (secondary N) is 1. The molecule has 3 heterocycles. The summed E-state index contributed by atoms with van der Waals surface area (Å²) in [5, 5.41) is 20.0. The monoisotopic (exact) mass is 381 g/mol. The molecule has 11 nitrogen and oxygen atoms in total. The summed E-state index contributed by atoms with van der Waals surface area (Å²) < 4.78 is 12.8. The fraction of sp³-hybridized carbons (Fsp3) is 0.571. The number of nitrogens with zero attached hydrogens (tertiary/aromatic N) is 5. The molecule has 0 bridgehead atoms. The van der Waals surface area contributed by atoms with Gasteiger partial charge in [0, 0.05) is 12.7 Å². The average molecular weight is 381 g/mol. The van der Waals surface area contributed by atoms with Crippen molar-refractivity contribution in [2.75, 3.05) is 12.4 Å². The Morgan fingerprint density at radius 1 is 1.54 bits per heavy atom. The standard InChI is InChI=1S/C14H19N7O4S/c1-3-4-8-11-12(21(18-8)14(15)16)13(23)20(19-17-11)9-6-26-10(25-9)5-24-7(2)22/h9-10H,3-6H2,1-2H3,(H3,15,16). The van der Waals surface area contributed by atoms with Crippen molar-refractivity contribution < 1.29 is 14.3 Å². The quantitative estimate of drug-likeness (QED) is 0.408. The normalized spacial score (nSPS) is 19.8. The zero-order chi connectivity index (χ0) is 18.8. The van der Waals surface area contributed by atoms with E-state index >= 15 is 0 Å². The number of aromatic nitrogens is 5. The number of fused-ring (bicyclic) bond motifs is 1. The highest BCUT2D eigenvalue weighted by atomic mass is 32.2. The fourth-order valence-corrected chi connectivity index (χ4v) is 3.58. The molecule has 1 saturated heterocycles. The van der Waals surface area contributed by atoms with Crippen LogP contribution in [0, 0.1) is 5.41 Å². The highest BCUT2D eigenvalue weighted by Crippen LogP contribution is 2.30. The molecule has 2 atom stereocenters. The first-order valence-electron chi connectivity index (χ1n) is 8.04. The maximum atomic E-state index is 12.9. The Morgan fingerprint density at radius 2 is 2.31 bits per heavy atom. The lowest BCUT2D eigenvalue weighted by molar-refractivity contribution is -0.144. The van der Waals surface area contributed by atoms with Gasteiger partial charge in [-0.05, 0) is 6.42 Å². The average Bonchev–Trinajstić information content (AvgIpc) is 3.19. The Kier molecular flexibility index (Phi) is 5.23. The molecule has 140 valence electrons. The van der Waals surface area contributed by atoms with E-state index in [1.54, 1.807) is 0 Å². The van der Waals surface area contributed by atoms with Crippen molar-refractivity contribution in [2.24, 2.45) is 5.73 Å². The zero-order valence-electron chi connectivity index (χ0n) is 14.3. The van der Waals surface area contributed by atoms with Crippen LogP contribution in [0.25, 0.3) is 11.0 Å². The largest absolute Gasteiger partial charge is 0.462 e. The molecular formula is C14H19N7O4S. The molecule has 0 aliphatic carbocycles. The van der Waals surface area contributed by atoms with Crippen LogP contribution in [0.4, 0.5) is 0 Å². The number of rotatable bonds is 5. The van der Waals surface area contributed by atoms with Crippen molar-refractivity contribution in [3.63, 3.8) is 0 Å². The summed E-state index contributed by atoms with van der Waals surface area (Å²) in [6.45, 7) is 3.38. The summed E-state index contributed by atoms with van der Waals surface area (Å²) in [6, 6.07) is 0. The van der Waals surface area contributed by atoms with E-state index in [1.165, 1.54) is 18.7 Å². The Morgan fingerprint density at radius 3 is 2.96 bits per heavy atom. The van der Waals surface area contributed by atoms with E-state index in [0.717, 1.165) is 15.8 Å². The van der Waals surface area contributed by atoms with E-state index in [1.807, 2.05) is 6.92 Å². The first-order chi connectivity index (χ1) is 12.4. The third-order valence-corrected chi connectivity index (χ3v) is 4.82. The zero-order valence-corrected chi connectivity index (χ0v) is 15.2. The lowest BCUT2D eigenvalue weighted by Crippen LogP contribution is -2.33. The molecule has 1 fully saturated rings. The van der Waals surface area contributed by atoms with E-state index in [-0.39, 0.29) is 23.5 Å². The molecule has 3 rings (SSSR count). The highest BCUT2D eigenvalue weighted by Gasteiger charge is 2.31. The molecule has 12 heteroatoms. The van der Waals surface area contributed by atoms with Crippen LogP contribution in [-0.4, -0.2) is 54.5 Å². The number of nitrogens with two attached hydrogens (primary N) is 1. The number of aryl methyl sites for hydroxylation is 1. The van der Waals surface area contributed by atoms with Gasteiger partial charge in [0.15, 0.2) is 11.7 Å². The van der Waals surface area contributed by atoms with Gasteiger partial charge in [-0.1, -0.05) is 18.6 Å². The van der Waals surface area contributed by atoms with E-state index < -0.39 is 17.8 Å². The van der Waals surface area contributed by atoms with Crippen molar-refractivity contribution in [3.05, 3.63) is 16.0 Å². The van der Waals surface area contributed by atoms with Gasteiger partial charge in [-0.3, -0.25) is 15.0 Å². The summed E-state index contributed by atoms with van der Waals surface area (Å²) in [4.78, 5) is 23.8. The Labute approximate surface area is 152 Å². The van der Waals surface area contributed by atoms with Crippen molar-refractivity contribution in [3.8, 4) is 0 Å². The Balaban J connectivity index is 1.95. The van der Waals surface area contributed by atoms with Crippen LogP contribution >= 0.6 is 11.8 Å². The molecule has 0 aromatic carbocycles. The van der Waals surface area contributed by atoms with Crippen molar-refractivity contribution in [1.82, 2.24) is 24.8 Å². The van der Waals surface area contributed by atoms with Crippen LogP contribution in [0.3, 0.4) is 0 Å². The van der Waals surface area contributed by atoms with Crippen LogP contribution in [-0.2, 0) is 20.7 Å². The first kappa shape index (κ1) is 18.3. The third-order valence-electron chi connectivity index (χ3n) is 3.73. The number of hydrogen-bond acceptors (Lipinski definition) is 9. The SMILES string of the molecule is CCCc1nn(C(=N)N)c2c(=O)n(C3CSC(COC(C)=O)O3)nnc12. The Hall–Kier alpha value is -2.47. The fourth-order valence-electron chi connectivity index (χ4n) is 2.61. The van der Waals surface area contributed by atoms with Crippen molar-refractivity contribution >= 4 is 34.7 Å². The molecular weight excluding hydrogens is 362 g/mol. The predicted molar refractivity (Wildman–Crippen MR) is 93.9 cm³/mol. The van der Waals surface area contributed by atoms with Gasteiger partial charge < -0.3 is 15.2 Å². The van der Waals surface area contributed by atoms with Gasteiger partial charge >= 0.3 is 5.97 Å². The second kappa shape index (κ2) is 7.41. The van der Waals surface area contributed by atoms with Crippen LogP contribution in [0.5, 0.6) is 0 Å². The van der Waals surface area contributed by atoms with E-state index in [9.17, 15) is 9.59 Å². The molecule has 2 aromatic rings. The van der Waals surface area contributed by atoms with E-state index in [0.29, 0.717) is 23.4 Å². The smallest absolute Gasteiger partial charge is 0.302 e. The molecule has 2 unspecified atom stereocenters. The molecule has 3 N–H and O–H groups in total. The number of ether oxygens (including phenoxy) is 2. The summed E-state index contributed by atoms with van der Waals surface area (Å²) in [6.07, 6.45) is 0.735. The first-order valence-corrected chi connectivity index (χ1v) is 9.09. The van der Waals surface area contributed by atoms with Gasteiger partial charge in [0.2, 0.25) is 5.96 Å². The Bertz CT molecular complexity index is 909. The highest BCUT2D eigenvalue weighted by molar-refractivity contribution is 8.00. The molecule has 2 aromatic heterocycles. The van der Waals surface area contributed by atoms with E-state index in [4.69, 9.17) is 20.6 Å². The molecule has 0 radical (unpaired) electrons. The number of carbonyl (C=O) groups is 1. The van der Waals surface area contributed by atoms with Gasteiger partial charge in [-0.25, -0.2) is 0 Å². The number of carbonyl (C=O) groups excluding carboxylic acids is 1. The van der Waals surface area contributed by atoms with Gasteiger partial charge in [-0.15, -0.1) is 16.9 Å². The maximum absolute atomic E-state index is 12.9. The van der Waals surface area contributed by atoms with Gasteiger partial charge in [0.05, 0.1) is 5.69 Å². The van der Waals surface area contributed by atoms with Crippen LogP contribution < -0.4 is 11.3 Å². The van der Waals surface area contributed by atoms with Crippen LogP contribution in [0.15, 0.2) is 4.79 Å². The summed E-state index contributed by atoms with van der Waals surface area (Å²) in [5.41, 5.74) is 5.70. The minimum atomic E-state index is -0.658. The minimum absolute atomic E-state index is 0.0902. The minimum Gasteiger partial charge on any atom is -0.462 e. The van der Waals surface area contributed by atoms with Crippen molar-refractivity contribution in [1.29, 1.82) is 5.41 Å². The van der Waals surface area contributed by atoms with Gasteiger partial charge in [0.1, 0.15) is 17.6 Å². The number of nitrogen functional groups attached to an aromatic ring is 1. The lowest BCUT2D eigenvalue weighted by Gasteiger charge is -2.13. The third kappa shape index (κ3) is 3.42. The molecule has 0 spiro atoms. The predicted octanol–water partition coefficient (Wildman–Crippen LogP) is -0.167. The topological polar surface area (TPSA) is 151 Å². The van der Waals surface area contributed by atoms with Crippen molar-refractivity contribution in [2.45, 2.75) is 38.4 Å². The number of hydrogen-bond donors (Lipinski definition) is 2. The summed E-state index contributed by atoms with van der Waals surface area (Å²) in [5.74, 6) is -0.324. The maximum Gasteiger partial charge on any atom is 0.302 e. The second-order valence-corrected chi connectivity index (χ2v) is 6.88. The number of esters is 1. The second-order valence-electron chi connectivity index (χ2n) is 5.69. The summed E-state index contributed by atoms with van der Waals surface area (Å²) in [7, 11) is 0. The molecule has 0 saturated carbocycles.